The number of rotatable bonds is 5. The van der Waals surface area contributed by atoms with E-state index in [1.807, 2.05) is 36.4 Å². The number of carbonyl (C=O) groups is 1. The molecule has 0 bridgehead atoms. The maximum absolute atomic E-state index is 12.2. The fraction of sp³-hybridized carbons (Fsp3) is 0.471. The number of halogens is 1. The van der Waals surface area contributed by atoms with Crippen molar-refractivity contribution in [1.82, 2.24) is 0 Å². The highest BCUT2D eigenvalue weighted by molar-refractivity contribution is 9.11. The van der Waals surface area contributed by atoms with Crippen LogP contribution in [0, 0.1) is 27.9 Å². The molecular formula is C17H20BrNO3. The Morgan fingerprint density at radius 1 is 1.45 bits per heavy atom. The van der Waals surface area contributed by atoms with Crippen molar-refractivity contribution in [2.45, 2.75) is 26.2 Å². The van der Waals surface area contributed by atoms with Gasteiger partial charge in [-0.15, -0.1) is 0 Å². The number of nitro groups is 1. The van der Waals surface area contributed by atoms with Gasteiger partial charge >= 0.3 is 0 Å². The number of hydrogen-bond donors (Lipinski definition) is 0. The quantitative estimate of drug-likeness (QED) is 0.576. The Morgan fingerprint density at radius 3 is 2.77 bits per heavy atom. The van der Waals surface area contributed by atoms with E-state index in [9.17, 15) is 14.9 Å². The fourth-order valence-corrected chi connectivity index (χ4v) is 3.76. The highest BCUT2D eigenvalue weighted by atomic mass is 79.9. The van der Waals surface area contributed by atoms with Crippen molar-refractivity contribution in [2.24, 2.45) is 17.8 Å². The summed E-state index contributed by atoms with van der Waals surface area (Å²) in [5.74, 6) is -0.0497. The maximum atomic E-state index is 12.2. The molecule has 5 heteroatoms. The Bertz CT molecular complexity index is 571. The summed E-state index contributed by atoms with van der Waals surface area (Å²) in [6, 6.07) is 9.64. The van der Waals surface area contributed by atoms with Gasteiger partial charge < -0.3 is 0 Å². The summed E-state index contributed by atoms with van der Waals surface area (Å²) >= 11 is 3.50. The number of Topliss-reactive ketones (excluding diaryl/α,β-unsaturated/α-hetero) is 1. The molecule has 22 heavy (non-hydrogen) atoms. The largest absolute Gasteiger partial charge is 0.299 e. The van der Waals surface area contributed by atoms with Crippen molar-refractivity contribution in [3.8, 4) is 0 Å². The number of nitrogens with zero attached hydrogens (tertiary/aromatic N) is 1. The predicted octanol–water partition coefficient (Wildman–Crippen LogP) is 4.32. The van der Waals surface area contributed by atoms with Crippen LogP contribution in [-0.2, 0) is 4.79 Å². The molecule has 0 radical (unpaired) electrons. The van der Waals surface area contributed by atoms with Crippen LogP contribution in [0.2, 0.25) is 0 Å². The molecule has 4 nitrogen and oxygen atoms in total. The van der Waals surface area contributed by atoms with E-state index in [1.54, 1.807) is 0 Å². The zero-order valence-corrected chi connectivity index (χ0v) is 14.2. The van der Waals surface area contributed by atoms with Crippen LogP contribution in [-0.4, -0.2) is 17.3 Å². The average molecular weight is 366 g/mol. The van der Waals surface area contributed by atoms with Gasteiger partial charge in [0.1, 0.15) is 5.78 Å². The molecule has 118 valence electrons. The SMILES string of the molecule is C[C@H]1CCC(=O)[C@H]([C@@H](C[N+](=O)[O-])/C(Br)=C/c2ccccc2)C1. The van der Waals surface area contributed by atoms with Crippen LogP contribution in [0.15, 0.2) is 34.8 Å². The molecule has 0 heterocycles. The molecule has 2 rings (SSSR count). The smallest absolute Gasteiger partial charge is 0.211 e. The molecule has 0 aromatic heterocycles. The zero-order chi connectivity index (χ0) is 16.1. The van der Waals surface area contributed by atoms with Gasteiger partial charge in [0, 0.05) is 21.7 Å². The average Bonchev–Trinajstić information content (AvgIpc) is 2.48. The molecule has 3 atom stereocenters. The first-order chi connectivity index (χ1) is 10.5. The Labute approximate surface area is 138 Å². The molecule has 0 saturated heterocycles. The molecule has 1 aromatic carbocycles. The Kier molecular flexibility index (Phi) is 5.89. The van der Waals surface area contributed by atoms with Crippen molar-refractivity contribution in [3.63, 3.8) is 0 Å². The summed E-state index contributed by atoms with van der Waals surface area (Å²) < 4.78 is 0.739. The minimum absolute atomic E-state index is 0.156. The highest BCUT2D eigenvalue weighted by Crippen LogP contribution is 2.37. The molecule has 0 amide bonds. The summed E-state index contributed by atoms with van der Waals surface area (Å²) in [6.07, 6.45) is 4.04. The zero-order valence-electron chi connectivity index (χ0n) is 12.6. The van der Waals surface area contributed by atoms with Crippen LogP contribution in [0.1, 0.15) is 31.7 Å². The third kappa shape index (κ3) is 4.50. The van der Waals surface area contributed by atoms with E-state index in [2.05, 4.69) is 22.9 Å². The summed E-state index contributed by atoms with van der Waals surface area (Å²) in [5.41, 5.74) is 0.971. The minimum atomic E-state index is -0.384. The number of ketones is 1. The molecule has 1 aliphatic carbocycles. The predicted molar refractivity (Wildman–Crippen MR) is 90.2 cm³/mol. The first kappa shape index (κ1) is 16.9. The summed E-state index contributed by atoms with van der Waals surface area (Å²) in [6.45, 7) is 1.89. The van der Waals surface area contributed by atoms with Crippen molar-refractivity contribution in [3.05, 3.63) is 50.5 Å². The van der Waals surface area contributed by atoms with Crippen LogP contribution < -0.4 is 0 Å². The van der Waals surface area contributed by atoms with E-state index < -0.39 is 0 Å². The number of carbonyl (C=O) groups excluding carboxylic acids is 1. The molecule has 1 fully saturated rings. The van der Waals surface area contributed by atoms with Crippen molar-refractivity contribution in [2.75, 3.05) is 6.54 Å². The summed E-state index contributed by atoms with van der Waals surface area (Å²) in [4.78, 5) is 23.0. The third-order valence-electron chi connectivity index (χ3n) is 4.24. The van der Waals surface area contributed by atoms with E-state index in [1.165, 1.54) is 0 Å². The van der Waals surface area contributed by atoms with E-state index in [-0.39, 0.29) is 29.1 Å². The number of hydrogen-bond acceptors (Lipinski definition) is 3. The lowest BCUT2D eigenvalue weighted by molar-refractivity contribution is -0.487. The van der Waals surface area contributed by atoms with Crippen LogP contribution in [0.3, 0.4) is 0 Å². The van der Waals surface area contributed by atoms with Gasteiger partial charge in [-0.3, -0.25) is 14.9 Å². The van der Waals surface area contributed by atoms with Crippen LogP contribution >= 0.6 is 15.9 Å². The second-order valence-electron chi connectivity index (χ2n) is 6.01. The first-order valence-electron chi connectivity index (χ1n) is 7.54. The normalized spacial score (nSPS) is 24.1. The van der Waals surface area contributed by atoms with Crippen LogP contribution in [0.25, 0.3) is 6.08 Å². The third-order valence-corrected chi connectivity index (χ3v) is 5.06. The monoisotopic (exact) mass is 365 g/mol. The van der Waals surface area contributed by atoms with Gasteiger partial charge in [0.2, 0.25) is 6.54 Å². The fourth-order valence-electron chi connectivity index (χ4n) is 3.03. The molecule has 1 aliphatic rings. The second-order valence-corrected chi connectivity index (χ2v) is 6.93. The highest BCUT2D eigenvalue weighted by Gasteiger charge is 2.37. The van der Waals surface area contributed by atoms with Gasteiger partial charge in [-0.25, -0.2) is 0 Å². The molecule has 0 spiro atoms. The van der Waals surface area contributed by atoms with E-state index in [0.717, 1.165) is 22.9 Å². The van der Waals surface area contributed by atoms with Gasteiger partial charge in [-0.1, -0.05) is 53.2 Å². The summed E-state index contributed by atoms with van der Waals surface area (Å²) in [5, 5.41) is 11.0. The van der Waals surface area contributed by atoms with E-state index in [0.29, 0.717) is 12.3 Å². The minimum Gasteiger partial charge on any atom is -0.299 e. The maximum Gasteiger partial charge on any atom is 0.211 e. The second kappa shape index (κ2) is 7.68. The summed E-state index contributed by atoms with van der Waals surface area (Å²) in [7, 11) is 0. The van der Waals surface area contributed by atoms with Crippen molar-refractivity contribution < 1.29 is 9.72 Å². The first-order valence-corrected chi connectivity index (χ1v) is 8.33. The van der Waals surface area contributed by atoms with Gasteiger partial charge in [0.05, 0.1) is 5.92 Å². The Hall–Kier alpha value is -1.49. The molecule has 0 unspecified atom stereocenters. The lowest BCUT2D eigenvalue weighted by atomic mass is 9.74. The van der Waals surface area contributed by atoms with Crippen LogP contribution in [0.4, 0.5) is 0 Å². The Balaban J connectivity index is 2.27. The van der Waals surface area contributed by atoms with Gasteiger partial charge in [0.25, 0.3) is 0 Å². The standard InChI is InChI=1S/C17H20BrNO3/c1-12-7-8-17(20)14(9-12)15(11-19(21)22)16(18)10-13-5-3-2-4-6-13/h2-6,10,12,14-15H,7-9,11H2,1H3/b16-10-/t12-,14-,15+/m0/s1. The molecule has 1 aromatic rings. The Morgan fingerprint density at radius 2 is 2.14 bits per heavy atom. The lowest BCUT2D eigenvalue weighted by Crippen LogP contribution is -2.34. The van der Waals surface area contributed by atoms with Crippen LogP contribution in [0.5, 0.6) is 0 Å². The van der Waals surface area contributed by atoms with Gasteiger partial charge in [-0.05, 0) is 30.4 Å². The van der Waals surface area contributed by atoms with Crippen molar-refractivity contribution >= 4 is 27.8 Å². The lowest BCUT2D eigenvalue weighted by Gasteiger charge is -2.30. The van der Waals surface area contributed by atoms with Gasteiger partial charge in [-0.2, -0.15) is 0 Å². The molecular weight excluding hydrogens is 346 g/mol. The van der Waals surface area contributed by atoms with Gasteiger partial charge in [0.15, 0.2) is 0 Å². The topological polar surface area (TPSA) is 60.2 Å². The molecule has 1 saturated carbocycles. The molecule has 0 aliphatic heterocycles. The molecule has 0 N–H and O–H groups in total. The van der Waals surface area contributed by atoms with E-state index >= 15 is 0 Å². The van der Waals surface area contributed by atoms with E-state index in [4.69, 9.17) is 0 Å². The van der Waals surface area contributed by atoms with Crippen molar-refractivity contribution in [1.29, 1.82) is 0 Å². The number of benzene rings is 1.